The van der Waals surface area contributed by atoms with Crippen molar-refractivity contribution in [3.63, 3.8) is 0 Å². The first kappa shape index (κ1) is 12.0. The standard InChI is InChI=1S/C11H18N2O2/c1-2-4-9(7-12)11(15)13-6-3-5-10(13)8-14/h9-10,14H,2-6,8H2,1H3/t9?,10-/m0/s1. The maximum absolute atomic E-state index is 11.9. The molecule has 1 rings (SSSR count). The normalized spacial score (nSPS) is 22.5. The van der Waals surface area contributed by atoms with Gasteiger partial charge in [0.1, 0.15) is 5.92 Å². The lowest BCUT2D eigenvalue weighted by Crippen LogP contribution is -2.41. The highest BCUT2D eigenvalue weighted by atomic mass is 16.3. The maximum Gasteiger partial charge on any atom is 0.240 e. The molecule has 0 aromatic heterocycles. The van der Waals surface area contributed by atoms with Gasteiger partial charge in [-0.2, -0.15) is 5.26 Å². The molecule has 1 fully saturated rings. The van der Waals surface area contributed by atoms with Crippen LogP contribution >= 0.6 is 0 Å². The third-order valence-corrected chi connectivity index (χ3v) is 2.90. The summed E-state index contributed by atoms with van der Waals surface area (Å²) >= 11 is 0. The minimum atomic E-state index is -0.526. The van der Waals surface area contributed by atoms with Gasteiger partial charge in [-0.3, -0.25) is 4.79 Å². The minimum Gasteiger partial charge on any atom is -0.394 e. The van der Waals surface area contributed by atoms with E-state index in [1.54, 1.807) is 4.90 Å². The van der Waals surface area contributed by atoms with Crippen LogP contribution in [0.15, 0.2) is 0 Å². The zero-order chi connectivity index (χ0) is 11.3. The van der Waals surface area contributed by atoms with Gasteiger partial charge in [0.25, 0.3) is 0 Å². The van der Waals surface area contributed by atoms with Gasteiger partial charge in [-0.05, 0) is 19.3 Å². The number of carbonyl (C=O) groups is 1. The van der Waals surface area contributed by atoms with Gasteiger partial charge in [0.05, 0.1) is 18.7 Å². The third kappa shape index (κ3) is 2.69. The van der Waals surface area contributed by atoms with Crippen molar-refractivity contribution in [1.29, 1.82) is 5.26 Å². The van der Waals surface area contributed by atoms with Crippen LogP contribution in [0.2, 0.25) is 0 Å². The quantitative estimate of drug-likeness (QED) is 0.750. The average Bonchev–Trinajstić information content (AvgIpc) is 2.72. The van der Waals surface area contributed by atoms with E-state index >= 15 is 0 Å². The van der Waals surface area contributed by atoms with Gasteiger partial charge >= 0.3 is 0 Å². The van der Waals surface area contributed by atoms with Crippen molar-refractivity contribution in [3.8, 4) is 6.07 Å². The Bertz CT molecular complexity index is 260. The summed E-state index contributed by atoms with van der Waals surface area (Å²) < 4.78 is 0. The SMILES string of the molecule is CCCC(C#N)C(=O)N1CCC[C@H]1CO. The van der Waals surface area contributed by atoms with E-state index in [4.69, 9.17) is 10.4 Å². The first-order chi connectivity index (χ1) is 7.24. The number of amides is 1. The van der Waals surface area contributed by atoms with Crippen molar-refractivity contribution in [1.82, 2.24) is 4.90 Å². The number of hydrogen-bond acceptors (Lipinski definition) is 3. The molecule has 1 heterocycles. The number of aliphatic hydroxyl groups excluding tert-OH is 1. The molecular weight excluding hydrogens is 192 g/mol. The predicted octanol–water partition coefficient (Wildman–Crippen LogP) is 0.910. The van der Waals surface area contributed by atoms with Crippen LogP contribution in [0, 0.1) is 17.2 Å². The lowest BCUT2D eigenvalue weighted by Gasteiger charge is -2.25. The number of aliphatic hydroxyl groups is 1. The van der Waals surface area contributed by atoms with Crippen molar-refractivity contribution >= 4 is 5.91 Å². The first-order valence-corrected chi connectivity index (χ1v) is 5.55. The highest BCUT2D eigenvalue weighted by Gasteiger charge is 2.32. The Balaban J connectivity index is 2.62. The van der Waals surface area contributed by atoms with Crippen molar-refractivity contribution < 1.29 is 9.90 Å². The molecule has 0 aromatic carbocycles. The van der Waals surface area contributed by atoms with E-state index in [1.165, 1.54) is 0 Å². The molecule has 15 heavy (non-hydrogen) atoms. The minimum absolute atomic E-state index is 0.00993. The van der Waals surface area contributed by atoms with Crippen LogP contribution < -0.4 is 0 Å². The Morgan fingerprint density at radius 2 is 2.47 bits per heavy atom. The fraction of sp³-hybridized carbons (Fsp3) is 0.818. The number of carbonyl (C=O) groups excluding carboxylic acids is 1. The van der Waals surface area contributed by atoms with Crippen LogP contribution in [0.4, 0.5) is 0 Å². The van der Waals surface area contributed by atoms with Gasteiger partial charge in [0.15, 0.2) is 0 Å². The molecule has 84 valence electrons. The second-order valence-electron chi connectivity index (χ2n) is 3.98. The van der Waals surface area contributed by atoms with Gasteiger partial charge in [-0.15, -0.1) is 0 Å². The molecule has 0 aliphatic carbocycles. The van der Waals surface area contributed by atoms with Crippen LogP contribution in [0.25, 0.3) is 0 Å². The average molecular weight is 210 g/mol. The summed E-state index contributed by atoms with van der Waals surface area (Å²) in [6.07, 6.45) is 3.24. The summed E-state index contributed by atoms with van der Waals surface area (Å²) in [5.41, 5.74) is 0. The second-order valence-corrected chi connectivity index (χ2v) is 3.98. The summed E-state index contributed by atoms with van der Waals surface area (Å²) in [6.45, 7) is 2.66. The van der Waals surface area contributed by atoms with Gasteiger partial charge in [-0.1, -0.05) is 13.3 Å². The molecule has 0 saturated carbocycles. The molecule has 1 saturated heterocycles. The Morgan fingerprint density at radius 3 is 3.00 bits per heavy atom. The molecule has 1 aliphatic heterocycles. The van der Waals surface area contributed by atoms with E-state index in [0.717, 1.165) is 19.3 Å². The Hall–Kier alpha value is -1.08. The molecule has 1 amide bonds. The highest BCUT2D eigenvalue weighted by Crippen LogP contribution is 2.20. The molecule has 0 bridgehead atoms. The lowest BCUT2D eigenvalue weighted by atomic mass is 10.0. The van der Waals surface area contributed by atoms with E-state index in [9.17, 15) is 4.79 Å². The van der Waals surface area contributed by atoms with Crippen LogP contribution in [0.1, 0.15) is 32.6 Å². The fourth-order valence-electron chi connectivity index (χ4n) is 2.05. The summed E-state index contributed by atoms with van der Waals surface area (Å²) in [7, 11) is 0. The van der Waals surface area contributed by atoms with Crippen LogP contribution in [0.3, 0.4) is 0 Å². The van der Waals surface area contributed by atoms with Crippen molar-refractivity contribution in [3.05, 3.63) is 0 Å². The maximum atomic E-state index is 11.9. The molecule has 1 aliphatic rings. The molecule has 4 heteroatoms. The summed E-state index contributed by atoms with van der Waals surface area (Å²) in [5.74, 6) is -0.627. The molecule has 0 radical (unpaired) electrons. The predicted molar refractivity (Wildman–Crippen MR) is 55.8 cm³/mol. The van der Waals surface area contributed by atoms with E-state index < -0.39 is 5.92 Å². The molecule has 0 spiro atoms. The highest BCUT2D eigenvalue weighted by molar-refractivity contribution is 5.81. The van der Waals surface area contributed by atoms with Crippen LogP contribution in [0.5, 0.6) is 0 Å². The number of nitriles is 1. The smallest absolute Gasteiger partial charge is 0.240 e. The number of likely N-dealkylation sites (tertiary alicyclic amines) is 1. The Labute approximate surface area is 90.5 Å². The number of rotatable bonds is 4. The second kappa shape index (κ2) is 5.72. The lowest BCUT2D eigenvalue weighted by molar-refractivity contribution is -0.135. The zero-order valence-electron chi connectivity index (χ0n) is 9.15. The largest absolute Gasteiger partial charge is 0.394 e. The number of hydrogen-bond donors (Lipinski definition) is 1. The van der Waals surface area contributed by atoms with Gasteiger partial charge in [-0.25, -0.2) is 0 Å². The van der Waals surface area contributed by atoms with E-state index in [-0.39, 0.29) is 18.6 Å². The van der Waals surface area contributed by atoms with Crippen LogP contribution in [-0.2, 0) is 4.79 Å². The molecule has 4 nitrogen and oxygen atoms in total. The Kier molecular flexibility index (Phi) is 4.57. The van der Waals surface area contributed by atoms with E-state index in [2.05, 4.69) is 6.07 Å². The van der Waals surface area contributed by atoms with Crippen molar-refractivity contribution in [2.75, 3.05) is 13.2 Å². The van der Waals surface area contributed by atoms with Crippen molar-refractivity contribution in [2.24, 2.45) is 5.92 Å². The van der Waals surface area contributed by atoms with Gasteiger partial charge in [0, 0.05) is 6.54 Å². The fourth-order valence-corrected chi connectivity index (χ4v) is 2.05. The van der Waals surface area contributed by atoms with E-state index in [0.29, 0.717) is 13.0 Å². The molecule has 2 atom stereocenters. The zero-order valence-corrected chi connectivity index (χ0v) is 9.15. The van der Waals surface area contributed by atoms with Crippen molar-refractivity contribution in [2.45, 2.75) is 38.6 Å². The summed E-state index contributed by atoms with van der Waals surface area (Å²) in [5, 5.41) is 18.0. The third-order valence-electron chi connectivity index (χ3n) is 2.90. The molecule has 0 aromatic rings. The molecule has 1 unspecified atom stereocenters. The van der Waals surface area contributed by atoms with Gasteiger partial charge in [0.2, 0.25) is 5.91 Å². The van der Waals surface area contributed by atoms with Gasteiger partial charge < -0.3 is 10.0 Å². The summed E-state index contributed by atoms with van der Waals surface area (Å²) in [4.78, 5) is 13.6. The molecular formula is C11H18N2O2. The van der Waals surface area contributed by atoms with Crippen LogP contribution in [-0.4, -0.2) is 35.1 Å². The monoisotopic (exact) mass is 210 g/mol. The van der Waals surface area contributed by atoms with E-state index in [1.807, 2.05) is 6.92 Å². The first-order valence-electron chi connectivity index (χ1n) is 5.55. The molecule has 1 N–H and O–H groups in total. The Morgan fingerprint density at radius 1 is 1.73 bits per heavy atom. The topological polar surface area (TPSA) is 64.3 Å². The summed E-state index contributed by atoms with van der Waals surface area (Å²) in [6, 6.07) is 1.99. The number of nitrogens with zero attached hydrogens (tertiary/aromatic N) is 2.